The van der Waals surface area contributed by atoms with Gasteiger partial charge in [-0.25, -0.2) is 9.59 Å². The fourth-order valence-electron chi connectivity index (χ4n) is 2.76. The van der Waals surface area contributed by atoms with E-state index in [9.17, 15) is 22.8 Å². The maximum Gasteiger partial charge on any atom is 0.512 e. The summed E-state index contributed by atoms with van der Waals surface area (Å²) in [4.78, 5) is 35.7. The van der Waals surface area contributed by atoms with Crippen LogP contribution < -0.4 is 5.32 Å². The monoisotopic (exact) mass is 409 g/mol. The van der Waals surface area contributed by atoms with Gasteiger partial charge in [-0.05, 0) is 12.8 Å². The highest BCUT2D eigenvalue weighted by Gasteiger charge is 2.45. The number of hydrogen-bond acceptors (Lipinski definition) is 8. The summed E-state index contributed by atoms with van der Waals surface area (Å²) in [6.45, 7) is 7.90. The number of hydrogen-bond donors (Lipinski definition) is 2. The van der Waals surface area contributed by atoms with Gasteiger partial charge in [0.1, 0.15) is 0 Å². The van der Waals surface area contributed by atoms with Crippen molar-refractivity contribution in [2.24, 2.45) is 11.3 Å². The van der Waals surface area contributed by atoms with Crippen molar-refractivity contribution < 1.29 is 41.6 Å². The lowest BCUT2D eigenvalue weighted by atomic mass is 9.79. The van der Waals surface area contributed by atoms with E-state index in [4.69, 9.17) is 18.8 Å². The second-order valence-corrected chi connectivity index (χ2v) is 9.15. The number of nitrogens with one attached hydrogen (secondary N) is 1. The third-order valence-corrected chi connectivity index (χ3v) is 4.78. The Morgan fingerprint density at radius 2 is 1.81 bits per heavy atom. The van der Waals surface area contributed by atoms with E-state index in [0.717, 1.165) is 0 Å². The van der Waals surface area contributed by atoms with Gasteiger partial charge in [-0.15, -0.1) is 0 Å². The Kier molecular flexibility index (Phi) is 7.61. The lowest BCUT2D eigenvalue weighted by molar-refractivity contribution is -0.175. The van der Waals surface area contributed by atoms with E-state index in [-0.39, 0.29) is 18.8 Å². The molecule has 0 aliphatic carbocycles. The Bertz CT molecular complexity index is 671. The summed E-state index contributed by atoms with van der Waals surface area (Å²) in [5, 5.41) is 2.58. The number of cyclic esters (lactones) is 3. The maximum atomic E-state index is 12.4. The van der Waals surface area contributed by atoms with Crippen LogP contribution in [-0.2, 0) is 33.9 Å². The van der Waals surface area contributed by atoms with Crippen molar-refractivity contribution >= 4 is 28.1 Å². The van der Waals surface area contributed by atoms with Crippen LogP contribution in [0.3, 0.4) is 0 Å². The van der Waals surface area contributed by atoms with Gasteiger partial charge in [0.25, 0.3) is 16.4 Å². The molecule has 1 fully saturated rings. The van der Waals surface area contributed by atoms with Crippen LogP contribution in [0.4, 0.5) is 4.79 Å². The topological polar surface area (TPSA) is 145 Å². The molecule has 1 aliphatic rings. The van der Waals surface area contributed by atoms with Gasteiger partial charge < -0.3 is 19.5 Å². The Balaban J connectivity index is 2.97. The molecule has 1 aliphatic heterocycles. The van der Waals surface area contributed by atoms with Gasteiger partial charge in [-0.1, -0.05) is 27.7 Å². The predicted octanol–water partition coefficient (Wildman–Crippen LogP) is 1.25. The SMILES string of the molecule is CC(=O)NC(CCS(=O)(=O)O)CC(C)(C)[C@H]1OC(=O)OC(C(C)C)OC1=O. The van der Waals surface area contributed by atoms with Gasteiger partial charge in [0, 0.05) is 24.3 Å². The molecule has 1 heterocycles. The molecule has 0 saturated carbocycles. The minimum atomic E-state index is -4.23. The molecule has 3 atom stereocenters. The fraction of sp³-hybridized carbons (Fsp3) is 0.812. The lowest BCUT2D eigenvalue weighted by Gasteiger charge is -2.33. The molecule has 0 aromatic heterocycles. The van der Waals surface area contributed by atoms with E-state index >= 15 is 0 Å². The quantitative estimate of drug-likeness (QED) is 0.446. The van der Waals surface area contributed by atoms with Gasteiger partial charge >= 0.3 is 12.1 Å². The van der Waals surface area contributed by atoms with E-state index in [1.54, 1.807) is 27.7 Å². The summed E-state index contributed by atoms with van der Waals surface area (Å²) in [6.07, 6.45) is -3.43. The zero-order valence-corrected chi connectivity index (χ0v) is 16.9. The third kappa shape index (κ3) is 7.71. The number of rotatable bonds is 8. The van der Waals surface area contributed by atoms with Crippen LogP contribution in [0.25, 0.3) is 0 Å². The molecule has 11 heteroatoms. The van der Waals surface area contributed by atoms with Crippen molar-refractivity contribution in [1.82, 2.24) is 5.32 Å². The molecule has 1 rings (SSSR count). The second kappa shape index (κ2) is 8.87. The minimum Gasteiger partial charge on any atom is -0.422 e. The first-order chi connectivity index (χ1) is 12.2. The van der Waals surface area contributed by atoms with Crippen LogP contribution in [0.1, 0.15) is 47.5 Å². The largest absolute Gasteiger partial charge is 0.512 e. The van der Waals surface area contributed by atoms with Gasteiger partial charge in [0.15, 0.2) is 0 Å². The number of ether oxygens (including phenoxy) is 3. The van der Waals surface area contributed by atoms with E-state index < -0.39 is 57.8 Å². The molecule has 2 unspecified atom stereocenters. The fourth-order valence-corrected chi connectivity index (χ4v) is 3.35. The summed E-state index contributed by atoms with van der Waals surface area (Å²) in [7, 11) is -4.23. The van der Waals surface area contributed by atoms with E-state index in [1.807, 2.05) is 0 Å². The van der Waals surface area contributed by atoms with Crippen molar-refractivity contribution in [3.05, 3.63) is 0 Å². The molecule has 0 bridgehead atoms. The van der Waals surface area contributed by atoms with Crippen molar-refractivity contribution in [2.75, 3.05) is 5.75 Å². The number of esters is 1. The molecule has 1 saturated heterocycles. The summed E-state index contributed by atoms with van der Waals surface area (Å²) in [6, 6.07) is -0.684. The van der Waals surface area contributed by atoms with Gasteiger partial charge in [-0.3, -0.25) is 9.35 Å². The molecule has 2 N–H and O–H groups in total. The van der Waals surface area contributed by atoms with E-state index in [0.29, 0.717) is 0 Å². The predicted molar refractivity (Wildman–Crippen MR) is 93.1 cm³/mol. The zero-order valence-electron chi connectivity index (χ0n) is 16.1. The number of carbonyl (C=O) groups is 3. The molecule has 10 nitrogen and oxygen atoms in total. The molecule has 0 aromatic rings. The first-order valence-corrected chi connectivity index (χ1v) is 10.1. The summed E-state index contributed by atoms with van der Waals surface area (Å²) >= 11 is 0. The van der Waals surface area contributed by atoms with Crippen LogP contribution in [0.5, 0.6) is 0 Å². The highest BCUT2D eigenvalue weighted by molar-refractivity contribution is 7.85. The smallest absolute Gasteiger partial charge is 0.422 e. The molecule has 156 valence electrons. The zero-order chi connectivity index (χ0) is 21.0. The maximum absolute atomic E-state index is 12.4. The average molecular weight is 409 g/mol. The van der Waals surface area contributed by atoms with Gasteiger partial charge in [0.2, 0.25) is 12.0 Å². The summed E-state index contributed by atoms with van der Waals surface area (Å²) < 4.78 is 46.2. The molecule has 0 spiro atoms. The van der Waals surface area contributed by atoms with Gasteiger partial charge in [-0.2, -0.15) is 8.42 Å². The Hall–Kier alpha value is -1.88. The van der Waals surface area contributed by atoms with Crippen molar-refractivity contribution in [2.45, 2.75) is 65.9 Å². The van der Waals surface area contributed by atoms with Crippen molar-refractivity contribution in [1.29, 1.82) is 0 Å². The van der Waals surface area contributed by atoms with Crippen LogP contribution in [0, 0.1) is 11.3 Å². The van der Waals surface area contributed by atoms with E-state index in [2.05, 4.69) is 5.32 Å². The highest BCUT2D eigenvalue weighted by Crippen LogP contribution is 2.33. The van der Waals surface area contributed by atoms with Crippen LogP contribution in [-0.4, -0.2) is 55.2 Å². The standard InChI is InChI=1S/C16H27NO9S/c1-9(2)14-25-13(19)12(24-15(20)26-14)16(4,5)8-11(17-10(3)18)6-7-27(21,22)23/h9,11-12,14H,6-8H2,1-5H3,(H,17,18)(H,21,22,23)/t11?,12-,14?/m0/s1. The highest BCUT2D eigenvalue weighted by atomic mass is 32.2. The van der Waals surface area contributed by atoms with Crippen LogP contribution in [0.2, 0.25) is 0 Å². The average Bonchev–Trinajstić information content (AvgIpc) is 2.62. The second-order valence-electron chi connectivity index (χ2n) is 7.58. The van der Waals surface area contributed by atoms with Crippen LogP contribution in [0.15, 0.2) is 0 Å². The summed E-state index contributed by atoms with van der Waals surface area (Å²) in [5.41, 5.74) is -1.02. The Morgan fingerprint density at radius 1 is 1.22 bits per heavy atom. The first kappa shape index (κ1) is 23.2. The lowest BCUT2D eigenvalue weighted by Crippen LogP contribution is -2.46. The summed E-state index contributed by atoms with van der Waals surface area (Å²) in [5.74, 6) is -2.04. The first-order valence-electron chi connectivity index (χ1n) is 8.51. The molecular weight excluding hydrogens is 382 g/mol. The molecule has 0 radical (unpaired) electrons. The van der Waals surface area contributed by atoms with Gasteiger partial charge in [0.05, 0.1) is 5.75 Å². The van der Waals surface area contributed by atoms with Crippen molar-refractivity contribution in [3.8, 4) is 0 Å². The Labute approximate surface area is 158 Å². The molecule has 27 heavy (non-hydrogen) atoms. The van der Waals surface area contributed by atoms with Crippen LogP contribution >= 0.6 is 0 Å². The number of carbonyl (C=O) groups excluding carboxylic acids is 3. The normalized spacial score (nSPS) is 22.3. The molecule has 0 aromatic carbocycles. The van der Waals surface area contributed by atoms with E-state index in [1.165, 1.54) is 6.92 Å². The molecular formula is C16H27NO9S. The Morgan fingerprint density at radius 3 is 2.30 bits per heavy atom. The minimum absolute atomic E-state index is 0.0807. The number of amides is 1. The van der Waals surface area contributed by atoms with Crippen molar-refractivity contribution in [3.63, 3.8) is 0 Å². The third-order valence-electron chi connectivity index (χ3n) is 4.03. The molecule has 1 amide bonds.